The molecule has 2 rings (SSSR count). The Labute approximate surface area is 122 Å². The minimum atomic E-state index is 0.745. The van der Waals surface area contributed by atoms with Gasteiger partial charge in [0.25, 0.3) is 0 Å². The fourth-order valence-corrected chi connectivity index (χ4v) is 2.63. The van der Waals surface area contributed by atoms with Gasteiger partial charge in [-0.15, -0.1) is 6.58 Å². The van der Waals surface area contributed by atoms with Crippen molar-refractivity contribution in [2.75, 3.05) is 26.8 Å². The molecular weight excluding hydrogens is 250 g/mol. The number of rotatable bonds is 7. The number of hydrogen-bond acceptors (Lipinski definition) is 3. The molecule has 0 aromatic heterocycles. The van der Waals surface area contributed by atoms with Gasteiger partial charge < -0.3 is 14.8 Å². The van der Waals surface area contributed by atoms with Gasteiger partial charge in [0.15, 0.2) is 11.5 Å². The van der Waals surface area contributed by atoms with Crippen molar-refractivity contribution in [3.63, 3.8) is 0 Å². The van der Waals surface area contributed by atoms with Gasteiger partial charge in [0.2, 0.25) is 0 Å². The highest BCUT2D eigenvalue weighted by molar-refractivity contribution is 5.43. The van der Waals surface area contributed by atoms with E-state index in [4.69, 9.17) is 9.47 Å². The molecule has 1 aromatic rings. The van der Waals surface area contributed by atoms with Crippen molar-refractivity contribution in [1.82, 2.24) is 5.32 Å². The lowest BCUT2D eigenvalue weighted by Crippen LogP contribution is -2.30. The lowest BCUT2D eigenvalue weighted by Gasteiger charge is -2.22. The first-order chi connectivity index (χ1) is 9.83. The van der Waals surface area contributed by atoms with Gasteiger partial charge >= 0.3 is 0 Å². The summed E-state index contributed by atoms with van der Waals surface area (Å²) in [5, 5.41) is 3.44. The molecule has 3 nitrogen and oxygen atoms in total. The Balaban J connectivity index is 1.86. The molecule has 1 N–H and O–H groups in total. The Kier molecular flexibility index (Phi) is 5.93. The molecule has 1 aliphatic heterocycles. The van der Waals surface area contributed by atoms with Crippen molar-refractivity contribution in [3.05, 3.63) is 36.4 Å². The van der Waals surface area contributed by atoms with Crippen molar-refractivity contribution in [2.45, 2.75) is 25.7 Å². The summed E-state index contributed by atoms with van der Waals surface area (Å²) >= 11 is 0. The average Bonchev–Trinajstić information content (AvgIpc) is 2.50. The first kappa shape index (κ1) is 14.9. The van der Waals surface area contributed by atoms with E-state index in [0.29, 0.717) is 0 Å². The van der Waals surface area contributed by atoms with Gasteiger partial charge in [-0.1, -0.05) is 12.1 Å². The Hall–Kier alpha value is -1.48. The fourth-order valence-electron chi connectivity index (χ4n) is 2.63. The molecule has 0 aliphatic carbocycles. The van der Waals surface area contributed by atoms with Crippen LogP contribution in [-0.4, -0.2) is 26.8 Å². The van der Waals surface area contributed by atoms with Crippen molar-refractivity contribution in [1.29, 1.82) is 0 Å². The number of hydrogen-bond donors (Lipinski definition) is 1. The van der Waals surface area contributed by atoms with Crippen LogP contribution in [0.25, 0.3) is 0 Å². The van der Waals surface area contributed by atoms with Crippen LogP contribution < -0.4 is 14.8 Å². The number of ether oxygens (including phenoxy) is 2. The van der Waals surface area contributed by atoms with Gasteiger partial charge in [0, 0.05) is 0 Å². The SMILES string of the molecule is C=CCc1ccc(OCC[C@@H]2CCCNC2)c(OC)c1. The number of benzene rings is 1. The Morgan fingerprint density at radius 2 is 2.30 bits per heavy atom. The number of piperidine rings is 1. The second-order valence-corrected chi connectivity index (χ2v) is 5.33. The zero-order valence-corrected chi connectivity index (χ0v) is 12.4. The lowest BCUT2D eigenvalue weighted by atomic mass is 9.97. The van der Waals surface area contributed by atoms with Crippen molar-refractivity contribution < 1.29 is 9.47 Å². The Morgan fingerprint density at radius 3 is 3.00 bits per heavy atom. The summed E-state index contributed by atoms with van der Waals surface area (Å²) in [7, 11) is 1.69. The molecule has 0 unspecified atom stereocenters. The van der Waals surface area contributed by atoms with E-state index in [1.807, 2.05) is 18.2 Å². The van der Waals surface area contributed by atoms with Crippen LogP contribution in [0.1, 0.15) is 24.8 Å². The van der Waals surface area contributed by atoms with Gasteiger partial charge in [-0.05, 0) is 62.4 Å². The minimum absolute atomic E-state index is 0.745. The summed E-state index contributed by atoms with van der Waals surface area (Å²) in [4.78, 5) is 0. The summed E-state index contributed by atoms with van der Waals surface area (Å²) in [6, 6.07) is 6.09. The molecule has 110 valence electrons. The maximum atomic E-state index is 5.89. The molecular formula is C17H25NO2. The summed E-state index contributed by atoms with van der Waals surface area (Å²) in [5.41, 5.74) is 1.20. The molecule has 1 fully saturated rings. The van der Waals surface area contributed by atoms with Crippen LogP contribution in [0.3, 0.4) is 0 Å². The molecule has 0 radical (unpaired) electrons. The molecule has 0 amide bonds. The molecule has 0 bridgehead atoms. The minimum Gasteiger partial charge on any atom is -0.493 e. The number of allylic oxidation sites excluding steroid dienone is 1. The Morgan fingerprint density at radius 1 is 1.40 bits per heavy atom. The van der Waals surface area contributed by atoms with Crippen molar-refractivity contribution >= 4 is 0 Å². The average molecular weight is 275 g/mol. The molecule has 3 heteroatoms. The summed E-state index contributed by atoms with van der Waals surface area (Å²) < 4.78 is 11.3. The van der Waals surface area contributed by atoms with Gasteiger partial charge in [-0.2, -0.15) is 0 Å². The summed E-state index contributed by atoms with van der Waals surface area (Å²) in [6.07, 6.45) is 6.44. The third-order valence-electron chi connectivity index (χ3n) is 3.79. The highest BCUT2D eigenvalue weighted by atomic mass is 16.5. The van der Waals surface area contributed by atoms with Gasteiger partial charge in [0.1, 0.15) is 0 Å². The van der Waals surface area contributed by atoms with Crippen LogP contribution >= 0.6 is 0 Å². The number of nitrogens with one attached hydrogen (secondary N) is 1. The normalized spacial score (nSPS) is 18.6. The second-order valence-electron chi connectivity index (χ2n) is 5.33. The van der Waals surface area contributed by atoms with E-state index in [-0.39, 0.29) is 0 Å². The smallest absolute Gasteiger partial charge is 0.161 e. The molecule has 1 saturated heterocycles. The van der Waals surface area contributed by atoms with Gasteiger partial charge in [-0.3, -0.25) is 0 Å². The van der Waals surface area contributed by atoms with Crippen LogP contribution in [0.15, 0.2) is 30.9 Å². The van der Waals surface area contributed by atoms with Crippen LogP contribution in [0.2, 0.25) is 0 Å². The second kappa shape index (κ2) is 7.95. The quantitative estimate of drug-likeness (QED) is 0.775. The number of methoxy groups -OCH3 is 1. The van der Waals surface area contributed by atoms with E-state index in [2.05, 4.69) is 18.0 Å². The zero-order chi connectivity index (χ0) is 14.2. The molecule has 1 atom stereocenters. The van der Waals surface area contributed by atoms with Gasteiger partial charge in [0.05, 0.1) is 13.7 Å². The Bertz CT molecular complexity index is 425. The van der Waals surface area contributed by atoms with E-state index < -0.39 is 0 Å². The summed E-state index contributed by atoms with van der Waals surface area (Å²) in [5.74, 6) is 2.39. The standard InChI is InChI=1S/C17H25NO2/c1-3-5-14-7-8-16(17(12-14)19-2)20-11-9-15-6-4-10-18-13-15/h3,7-8,12,15,18H,1,4-6,9-11,13H2,2H3/t15-/m0/s1. The van der Waals surface area contributed by atoms with Crippen LogP contribution in [-0.2, 0) is 6.42 Å². The van der Waals surface area contributed by atoms with E-state index in [1.54, 1.807) is 7.11 Å². The monoisotopic (exact) mass is 275 g/mol. The van der Waals surface area contributed by atoms with E-state index in [1.165, 1.54) is 18.4 Å². The summed E-state index contributed by atoms with van der Waals surface area (Å²) in [6.45, 7) is 6.80. The first-order valence-corrected chi connectivity index (χ1v) is 7.45. The lowest BCUT2D eigenvalue weighted by molar-refractivity contribution is 0.245. The maximum absolute atomic E-state index is 5.89. The first-order valence-electron chi connectivity index (χ1n) is 7.45. The highest BCUT2D eigenvalue weighted by Gasteiger charge is 2.13. The molecule has 1 heterocycles. The van der Waals surface area contributed by atoms with Crippen LogP contribution in [0.5, 0.6) is 11.5 Å². The predicted octanol–water partition coefficient (Wildman–Crippen LogP) is 3.19. The molecule has 0 spiro atoms. The molecule has 0 saturated carbocycles. The van der Waals surface area contributed by atoms with Crippen molar-refractivity contribution in [2.24, 2.45) is 5.92 Å². The predicted molar refractivity (Wildman–Crippen MR) is 82.6 cm³/mol. The van der Waals surface area contributed by atoms with Crippen LogP contribution in [0.4, 0.5) is 0 Å². The van der Waals surface area contributed by atoms with E-state index >= 15 is 0 Å². The molecule has 20 heavy (non-hydrogen) atoms. The fraction of sp³-hybridized carbons (Fsp3) is 0.529. The molecule has 1 aliphatic rings. The van der Waals surface area contributed by atoms with E-state index in [9.17, 15) is 0 Å². The van der Waals surface area contributed by atoms with Crippen LogP contribution in [0, 0.1) is 5.92 Å². The van der Waals surface area contributed by atoms with Gasteiger partial charge in [-0.25, -0.2) is 0 Å². The molecule has 1 aromatic carbocycles. The third kappa shape index (κ3) is 4.27. The zero-order valence-electron chi connectivity index (χ0n) is 12.4. The maximum Gasteiger partial charge on any atom is 0.161 e. The van der Waals surface area contributed by atoms with Crippen molar-refractivity contribution in [3.8, 4) is 11.5 Å². The highest BCUT2D eigenvalue weighted by Crippen LogP contribution is 2.29. The topological polar surface area (TPSA) is 30.5 Å². The third-order valence-corrected chi connectivity index (χ3v) is 3.79. The largest absolute Gasteiger partial charge is 0.493 e. The van der Waals surface area contributed by atoms with E-state index in [0.717, 1.165) is 50.0 Å².